The number of phenolic OH excluding ortho intramolecular Hbond substituents is 1. The number of piperidine rings is 1. The molecular weight excluding hydrogens is 331 g/mol. The summed E-state index contributed by atoms with van der Waals surface area (Å²) in [4.78, 5) is 5.54. The van der Waals surface area contributed by atoms with Gasteiger partial charge in [0.2, 0.25) is 0 Å². The van der Waals surface area contributed by atoms with E-state index in [9.17, 15) is 18.3 Å². The van der Waals surface area contributed by atoms with Gasteiger partial charge in [0, 0.05) is 13.1 Å². The van der Waals surface area contributed by atoms with Crippen molar-refractivity contribution in [3.63, 3.8) is 0 Å². The minimum Gasteiger partial charge on any atom is -0.508 e. The number of benzene rings is 1. The van der Waals surface area contributed by atoms with E-state index in [2.05, 4.69) is 4.98 Å². The summed E-state index contributed by atoms with van der Waals surface area (Å²) >= 11 is 0. The summed E-state index contributed by atoms with van der Waals surface area (Å²) < 4.78 is 39.2. The smallest absolute Gasteiger partial charge is 0.419 e. The van der Waals surface area contributed by atoms with Crippen LogP contribution in [0.2, 0.25) is 0 Å². The maximum absolute atomic E-state index is 13.1. The number of alkyl halides is 3. The number of rotatable bonds is 2. The van der Waals surface area contributed by atoms with Crippen LogP contribution in [-0.2, 0) is 6.18 Å². The van der Waals surface area contributed by atoms with Crippen molar-refractivity contribution >= 4 is 5.69 Å². The van der Waals surface area contributed by atoms with Crippen LogP contribution in [0.25, 0.3) is 0 Å². The van der Waals surface area contributed by atoms with Crippen molar-refractivity contribution in [2.24, 2.45) is 0 Å². The van der Waals surface area contributed by atoms with Crippen LogP contribution in [0.5, 0.6) is 5.75 Å². The molecule has 2 heterocycles. The second-order valence-electron chi connectivity index (χ2n) is 6.05. The summed E-state index contributed by atoms with van der Waals surface area (Å²) in [6.45, 7) is 1.22. The number of pyridine rings is 1. The highest BCUT2D eigenvalue weighted by atomic mass is 19.4. The monoisotopic (exact) mass is 347 g/mol. The van der Waals surface area contributed by atoms with Crippen LogP contribution in [0.1, 0.15) is 35.6 Å². The Bertz CT molecular complexity index is 789. The van der Waals surface area contributed by atoms with Crippen molar-refractivity contribution in [3.05, 3.63) is 53.3 Å². The highest BCUT2D eigenvalue weighted by Gasteiger charge is 2.35. The molecular formula is C18H16F3N3O. The molecule has 0 radical (unpaired) electrons. The summed E-state index contributed by atoms with van der Waals surface area (Å²) in [5.74, 6) is 0.523. The van der Waals surface area contributed by atoms with E-state index in [0.29, 0.717) is 24.7 Å². The molecule has 0 spiro atoms. The van der Waals surface area contributed by atoms with Gasteiger partial charge in [0.15, 0.2) is 5.69 Å². The fourth-order valence-corrected chi connectivity index (χ4v) is 3.15. The van der Waals surface area contributed by atoms with Gasteiger partial charge in [-0.05, 0) is 42.5 Å². The molecule has 1 aromatic heterocycles. The third kappa shape index (κ3) is 3.68. The maximum Gasteiger partial charge on any atom is 0.419 e. The summed E-state index contributed by atoms with van der Waals surface area (Å²) in [5.41, 5.74) is -0.0924. The van der Waals surface area contributed by atoms with Gasteiger partial charge in [-0.25, -0.2) is 4.98 Å². The van der Waals surface area contributed by atoms with E-state index in [0.717, 1.165) is 24.5 Å². The molecule has 1 aliphatic rings. The highest BCUT2D eigenvalue weighted by molar-refractivity contribution is 5.51. The lowest BCUT2D eigenvalue weighted by atomic mass is 9.89. The second-order valence-corrected chi connectivity index (χ2v) is 6.05. The number of hydrogen-bond donors (Lipinski definition) is 1. The van der Waals surface area contributed by atoms with Crippen LogP contribution in [-0.4, -0.2) is 23.2 Å². The summed E-state index contributed by atoms with van der Waals surface area (Å²) in [6.07, 6.45) is -1.68. The molecule has 2 aromatic rings. The summed E-state index contributed by atoms with van der Waals surface area (Å²) in [7, 11) is 0. The first-order valence-electron chi connectivity index (χ1n) is 7.89. The van der Waals surface area contributed by atoms with Gasteiger partial charge < -0.3 is 10.0 Å². The lowest BCUT2D eigenvalue weighted by Crippen LogP contribution is -2.33. The van der Waals surface area contributed by atoms with E-state index in [-0.39, 0.29) is 5.75 Å². The number of nitrogens with zero attached hydrogens (tertiary/aromatic N) is 3. The first-order chi connectivity index (χ1) is 11.9. The van der Waals surface area contributed by atoms with E-state index in [1.807, 2.05) is 17.0 Å². The minimum atomic E-state index is -4.60. The van der Waals surface area contributed by atoms with E-state index in [1.165, 1.54) is 12.3 Å². The Morgan fingerprint density at radius 1 is 1.16 bits per heavy atom. The zero-order valence-electron chi connectivity index (χ0n) is 13.3. The molecule has 1 N–H and O–H groups in total. The maximum atomic E-state index is 13.1. The third-order valence-corrected chi connectivity index (χ3v) is 4.51. The van der Waals surface area contributed by atoms with Crippen LogP contribution in [0.4, 0.5) is 18.9 Å². The zero-order valence-corrected chi connectivity index (χ0v) is 13.3. The molecule has 1 fully saturated rings. The topological polar surface area (TPSA) is 60.2 Å². The SMILES string of the molecule is N#Cc1ncc(N2CCC(c3ccc(O)cc3)CC2)cc1C(F)(F)F. The van der Waals surface area contributed by atoms with E-state index in [1.54, 1.807) is 12.1 Å². The number of aromatic hydroxyl groups is 1. The minimum absolute atomic E-state index is 0.213. The molecule has 0 bridgehead atoms. The Labute approximate surface area is 143 Å². The number of hydrogen-bond acceptors (Lipinski definition) is 4. The second kappa shape index (κ2) is 6.63. The molecule has 0 aliphatic carbocycles. The average Bonchev–Trinajstić information content (AvgIpc) is 2.61. The molecule has 7 heteroatoms. The Balaban J connectivity index is 1.75. The Morgan fingerprint density at radius 3 is 2.36 bits per heavy atom. The van der Waals surface area contributed by atoms with Gasteiger partial charge in [-0.2, -0.15) is 18.4 Å². The van der Waals surface area contributed by atoms with Gasteiger partial charge in [0.05, 0.1) is 17.4 Å². The van der Waals surface area contributed by atoms with Gasteiger partial charge in [-0.3, -0.25) is 0 Å². The van der Waals surface area contributed by atoms with Crippen molar-refractivity contribution in [3.8, 4) is 11.8 Å². The first kappa shape index (κ1) is 17.1. The fourth-order valence-electron chi connectivity index (χ4n) is 3.15. The van der Waals surface area contributed by atoms with Crippen LogP contribution in [0, 0.1) is 11.3 Å². The van der Waals surface area contributed by atoms with E-state index in [4.69, 9.17) is 5.26 Å². The zero-order chi connectivity index (χ0) is 18.0. The molecule has 0 saturated carbocycles. The number of anilines is 1. The van der Waals surface area contributed by atoms with Gasteiger partial charge in [-0.15, -0.1) is 0 Å². The molecule has 1 aromatic carbocycles. The summed E-state index contributed by atoms with van der Waals surface area (Å²) in [5, 5.41) is 18.2. The molecule has 3 rings (SSSR count). The van der Waals surface area contributed by atoms with Crippen molar-refractivity contribution < 1.29 is 18.3 Å². The fraction of sp³-hybridized carbons (Fsp3) is 0.333. The van der Waals surface area contributed by atoms with Crippen molar-refractivity contribution in [1.29, 1.82) is 5.26 Å². The third-order valence-electron chi connectivity index (χ3n) is 4.51. The molecule has 4 nitrogen and oxygen atoms in total. The van der Waals surface area contributed by atoms with Crippen LogP contribution in [0.15, 0.2) is 36.5 Å². The predicted octanol–water partition coefficient (Wildman–Crippen LogP) is 4.06. The highest BCUT2D eigenvalue weighted by Crippen LogP contribution is 2.35. The Hall–Kier alpha value is -2.75. The Morgan fingerprint density at radius 2 is 1.80 bits per heavy atom. The normalized spacial score (nSPS) is 15.8. The molecule has 0 unspecified atom stereocenters. The van der Waals surface area contributed by atoms with Crippen LogP contribution >= 0.6 is 0 Å². The van der Waals surface area contributed by atoms with E-state index < -0.39 is 17.4 Å². The van der Waals surface area contributed by atoms with Crippen LogP contribution in [0.3, 0.4) is 0 Å². The van der Waals surface area contributed by atoms with Gasteiger partial charge in [0.1, 0.15) is 11.8 Å². The van der Waals surface area contributed by atoms with Gasteiger partial charge in [-0.1, -0.05) is 12.1 Å². The largest absolute Gasteiger partial charge is 0.508 e. The van der Waals surface area contributed by atoms with Crippen molar-refractivity contribution in [2.45, 2.75) is 24.9 Å². The first-order valence-corrected chi connectivity index (χ1v) is 7.89. The standard InChI is InChI=1S/C18H16F3N3O/c19-18(20,21)16-9-14(11-23-17(16)10-22)24-7-5-13(6-8-24)12-1-3-15(25)4-2-12/h1-4,9,11,13,25H,5-8H2. The quantitative estimate of drug-likeness (QED) is 0.890. The number of nitriles is 1. The summed E-state index contributed by atoms with van der Waals surface area (Å²) in [6, 6.07) is 9.53. The number of aromatic nitrogens is 1. The number of phenols is 1. The van der Waals surface area contributed by atoms with E-state index >= 15 is 0 Å². The Kier molecular flexibility index (Phi) is 4.53. The molecule has 0 amide bonds. The van der Waals surface area contributed by atoms with Crippen molar-refractivity contribution in [2.75, 3.05) is 18.0 Å². The predicted molar refractivity (Wildman–Crippen MR) is 86.2 cm³/mol. The number of halogens is 3. The average molecular weight is 347 g/mol. The molecule has 1 aliphatic heterocycles. The van der Waals surface area contributed by atoms with Crippen molar-refractivity contribution in [1.82, 2.24) is 4.98 Å². The van der Waals surface area contributed by atoms with Gasteiger partial charge in [0.25, 0.3) is 0 Å². The van der Waals surface area contributed by atoms with Crippen LogP contribution < -0.4 is 4.90 Å². The molecule has 25 heavy (non-hydrogen) atoms. The molecule has 0 atom stereocenters. The molecule has 130 valence electrons. The lowest BCUT2D eigenvalue weighted by Gasteiger charge is -2.34. The lowest BCUT2D eigenvalue weighted by molar-refractivity contribution is -0.138. The molecule has 1 saturated heterocycles. The van der Waals surface area contributed by atoms with Gasteiger partial charge >= 0.3 is 6.18 Å².